The molecule has 1 heterocycles. The van der Waals surface area contributed by atoms with Crippen molar-refractivity contribution >= 4 is 27.7 Å². The van der Waals surface area contributed by atoms with E-state index in [1.807, 2.05) is 0 Å². The summed E-state index contributed by atoms with van der Waals surface area (Å²) in [4.78, 5) is 23.3. The molecule has 2 amide bonds. The lowest BCUT2D eigenvalue weighted by Gasteiger charge is -2.05. The van der Waals surface area contributed by atoms with Crippen molar-refractivity contribution in [2.24, 2.45) is 0 Å². The van der Waals surface area contributed by atoms with Gasteiger partial charge in [0.2, 0.25) is 5.76 Å². The average Bonchev–Trinajstić information content (AvgIpc) is 2.83. The molecule has 1 aromatic heterocycles. The molecule has 2 aromatic rings. The summed E-state index contributed by atoms with van der Waals surface area (Å²) in [6.45, 7) is 1.70. The van der Waals surface area contributed by atoms with E-state index in [2.05, 4.69) is 31.9 Å². The number of aryl methyl sites for hydroxylation is 1. The molecule has 98 valence electrons. The van der Waals surface area contributed by atoms with E-state index >= 15 is 0 Å². The molecule has 1 aromatic carbocycles. The lowest BCUT2D eigenvalue weighted by molar-refractivity contribution is 0.0825. The third-order valence-electron chi connectivity index (χ3n) is 2.25. The van der Waals surface area contributed by atoms with Crippen molar-refractivity contribution in [1.82, 2.24) is 16.0 Å². The normalized spacial score (nSPS) is 10.0. The first-order valence-corrected chi connectivity index (χ1v) is 6.15. The number of carbonyl (C=O) groups is 2. The Bertz CT molecular complexity index is 607. The van der Waals surface area contributed by atoms with E-state index in [1.54, 1.807) is 31.2 Å². The van der Waals surface area contributed by atoms with Crippen LogP contribution in [0.5, 0.6) is 0 Å². The zero-order chi connectivity index (χ0) is 13.8. The van der Waals surface area contributed by atoms with Crippen LogP contribution in [0.25, 0.3) is 0 Å². The van der Waals surface area contributed by atoms with Crippen molar-refractivity contribution < 1.29 is 14.1 Å². The molecule has 0 bridgehead atoms. The molecule has 0 aliphatic carbocycles. The molecule has 0 aliphatic rings. The molecule has 0 radical (unpaired) electrons. The van der Waals surface area contributed by atoms with Gasteiger partial charge in [-0.3, -0.25) is 20.4 Å². The lowest BCUT2D eigenvalue weighted by Crippen LogP contribution is -2.41. The Labute approximate surface area is 117 Å². The van der Waals surface area contributed by atoms with Gasteiger partial charge in [0.05, 0.1) is 5.69 Å². The monoisotopic (exact) mass is 323 g/mol. The van der Waals surface area contributed by atoms with E-state index in [9.17, 15) is 9.59 Å². The van der Waals surface area contributed by atoms with E-state index < -0.39 is 11.8 Å². The molecule has 0 spiro atoms. The van der Waals surface area contributed by atoms with Gasteiger partial charge in [0.15, 0.2) is 0 Å². The number of aromatic nitrogens is 1. The minimum atomic E-state index is -0.564. The van der Waals surface area contributed by atoms with Gasteiger partial charge in [0, 0.05) is 16.1 Å². The number of carbonyl (C=O) groups excluding carboxylic acids is 2. The highest BCUT2D eigenvalue weighted by Crippen LogP contribution is 2.10. The lowest BCUT2D eigenvalue weighted by atomic mass is 10.2. The first-order valence-electron chi connectivity index (χ1n) is 5.36. The van der Waals surface area contributed by atoms with Crippen LogP contribution in [0.15, 0.2) is 39.3 Å². The van der Waals surface area contributed by atoms with Crippen LogP contribution in [0.2, 0.25) is 0 Å². The Hall–Kier alpha value is -2.15. The fraction of sp³-hybridized carbons (Fsp3) is 0.0833. The molecule has 0 atom stereocenters. The van der Waals surface area contributed by atoms with E-state index in [0.717, 1.165) is 4.47 Å². The molecule has 0 unspecified atom stereocenters. The van der Waals surface area contributed by atoms with Gasteiger partial charge in [-0.15, -0.1) is 0 Å². The highest BCUT2D eigenvalue weighted by molar-refractivity contribution is 9.10. The molecule has 7 heteroatoms. The number of halogens is 1. The number of hydrazine groups is 1. The summed E-state index contributed by atoms with van der Waals surface area (Å²) in [5, 5.41) is 3.58. The third kappa shape index (κ3) is 3.41. The predicted molar refractivity (Wildman–Crippen MR) is 70.3 cm³/mol. The van der Waals surface area contributed by atoms with Crippen LogP contribution >= 0.6 is 15.9 Å². The van der Waals surface area contributed by atoms with Crippen LogP contribution in [0, 0.1) is 6.92 Å². The van der Waals surface area contributed by atoms with E-state index in [-0.39, 0.29) is 5.76 Å². The summed E-state index contributed by atoms with van der Waals surface area (Å²) in [5.74, 6) is -0.947. The number of hydrogen-bond acceptors (Lipinski definition) is 4. The zero-order valence-corrected chi connectivity index (χ0v) is 11.5. The minimum absolute atomic E-state index is 0.0357. The second-order valence-corrected chi connectivity index (χ2v) is 4.66. The highest BCUT2D eigenvalue weighted by atomic mass is 79.9. The van der Waals surface area contributed by atoms with Gasteiger partial charge < -0.3 is 4.52 Å². The molecular formula is C12H10BrN3O3. The third-order valence-corrected chi connectivity index (χ3v) is 2.78. The number of hydrogen-bond donors (Lipinski definition) is 2. The first-order chi connectivity index (χ1) is 9.06. The van der Waals surface area contributed by atoms with Crippen LogP contribution in [0.1, 0.15) is 26.6 Å². The first kappa shape index (κ1) is 13.3. The Balaban J connectivity index is 1.93. The zero-order valence-electron chi connectivity index (χ0n) is 9.94. The van der Waals surface area contributed by atoms with Gasteiger partial charge in [-0.1, -0.05) is 21.1 Å². The Morgan fingerprint density at radius 1 is 1.16 bits per heavy atom. The fourth-order valence-electron chi connectivity index (χ4n) is 1.32. The number of rotatable bonds is 2. The van der Waals surface area contributed by atoms with Crippen molar-refractivity contribution in [3.05, 3.63) is 51.8 Å². The van der Waals surface area contributed by atoms with E-state index in [1.165, 1.54) is 6.07 Å². The number of amides is 2. The topological polar surface area (TPSA) is 84.2 Å². The Morgan fingerprint density at radius 3 is 2.37 bits per heavy atom. The highest BCUT2D eigenvalue weighted by Gasteiger charge is 2.12. The summed E-state index contributed by atoms with van der Waals surface area (Å²) in [5.41, 5.74) is 5.54. The van der Waals surface area contributed by atoms with Crippen LogP contribution in [-0.4, -0.2) is 17.0 Å². The second kappa shape index (κ2) is 5.66. The molecule has 2 N–H and O–H groups in total. The van der Waals surface area contributed by atoms with Gasteiger partial charge in [-0.2, -0.15) is 0 Å². The van der Waals surface area contributed by atoms with Gasteiger partial charge in [0.25, 0.3) is 5.91 Å². The number of benzene rings is 1. The molecule has 0 saturated heterocycles. The molecule has 2 rings (SSSR count). The summed E-state index contributed by atoms with van der Waals surface area (Å²) in [6, 6.07) is 8.20. The smallest absolute Gasteiger partial charge is 0.308 e. The second-order valence-electron chi connectivity index (χ2n) is 3.75. The number of nitrogens with zero attached hydrogens (tertiary/aromatic N) is 1. The van der Waals surface area contributed by atoms with Crippen LogP contribution in [0.3, 0.4) is 0 Å². The van der Waals surface area contributed by atoms with Crippen LogP contribution < -0.4 is 10.9 Å². The van der Waals surface area contributed by atoms with Gasteiger partial charge in [-0.25, -0.2) is 0 Å². The van der Waals surface area contributed by atoms with Crippen molar-refractivity contribution in [3.63, 3.8) is 0 Å². The molecule has 6 nitrogen and oxygen atoms in total. The predicted octanol–water partition coefficient (Wildman–Crippen LogP) is 1.82. The molecule has 19 heavy (non-hydrogen) atoms. The maximum atomic E-state index is 11.7. The quantitative estimate of drug-likeness (QED) is 0.826. The summed E-state index contributed by atoms with van der Waals surface area (Å²) < 4.78 is 5.63. The summed E-state index contributed by atoms with van der Waals surface area (Å²) in [6.07, 6.45) is 0. The van der Waals surface area contributed by atoms with E-state index in [0.29, 0.717) is 11.3 Å². The Kier molecular flexibility index (Phi) is 3.96. The van der Waals surface area contributed by atoms with Gasteiger partial charge in [0.1, 0.15) is 0 Å². The standard InChI is InChI=1S/C12H10BrN3O3/c1-7-6-10(19-16-7)12(18)15-14-11(17)8-2-4-9(13)5-3-8/h2-6H,1H3,(H,14,17)(H,15,18). The summed E-state index contributed by atoms with van der Waals surface area (Å²) in [7, 11) is 0. The molecule has 0 saturated carbocycles. The maximum Gasteiger partial charge on any atom is 0.308 e. The van der Waals surface area contributed by atoms with E-state index in [4.69, 9.17) is 4.52 Å². The van der Waals surface area contributed by atoms with Gasteiger partial charge in [-0.05, 0) is 31.2 Å². The van der Waals surface area contributed by atoms with Crippen molar-refractivity contribution in [1.29, 1.82) is 0 Å². The average molecular weight is 324 g/mol. The van der Waals surface area contributed by atoms with Gasteiger partial charge >= 0.3 is 5.91 Å². The van der Waals surface area contributed by atoms with Crippen molar-refractivity contribution in [2.75, 3.05) is 0 Å². The Morgan fingerprint density at radius 2 is 1.79 bits per heavy atom. The molecular weight excluding hydrogens is 314 g/mol. The summed E-state index contributed by atoms with van der Waals surface area (Å²) >= 11 is 3.27. The van der Waals surface area contributed by atoms with Crippen LogP contribution in [-0.2, 0) is 0 Å². The largest absolute Gasteiger partial charge is 0.351 e. The molecule has 0 aliphatic heterocycles. The SMILES string of the molecule is Cc1cc(C(=O)NNC(=O)c2ccc(Br)cc2)on1. The van der Waals surface area contributed by atoms with Crippen molar-refractivity contribution in [2.45, 2.75) is 6.92 Å². The maximum absolute atomic E-state index is 11.7. The van der Waals surface area contributed by atoms with Crippen LogP contribution in [0.4, 0.5) is 0 Å². The fourth-order valence-corrected chi connectivity index (χ4v) is 1.58. The number of nitrogens with one attached hydrogen (secondary N) is 2. The minimum Gasteiger partial charge on any atom is -0.351 e. The molecule has 0 fully saturated rings. The van der Waals surface area contributed by atoms with Crippen molar-refractivity contribution in [3.8, 4) is 0 Å².